The van der Waals surface area contributed by atoms with E-state index < -0.39 is 5.82 Å². The second kappa shape index (κ2) is 5.26. The SMILES string of the molecule is CC(C)c1ncc(-c2ccc(F)c3[nH]ccc(=O)c23)cc1O. The normalized spacial score (nSPS) is 11.3. The minimum absolute atomic E-state index is 0.0670. The molecule has 0 amide bonds. The number of aromatic amines is 1. The Hall–Kier alpha value is -2.69. The minimum atomic E-state index is -0.493. The van der Waals surface area contributed by atoms with Crippen molar-refractivity contribution in [2.45, 2.75) is 19.8 Å². The number of pyridine rings is 2. The Bertz CT molecular complexity index is 916. The Kier molecular flexibility index (Phi) is 3.41. The summed E-state index contributed by atoms with van der Waals surface area (Å²) in [6.45, 7) is 3.86. The lowest BCUT2D eigenvalue weighted by Gasteiger charge is -2.11. The highest BCUT2D eigenvalue weighted by Crippen LogP contribution is 2.31. The number of aromatic hydroxyl groups is 1. The third-order valence-corrected chi connectivity index (χ3v) is 3.62. The Labute approximate surface area is 126 Å². The predicted octanol–water partition coefficient (Wildman–Crippen LogP) is 3.56. The van der Waals surface area contributed by atoms with Gasteiger partial charge in [-0.2, -0.15) is 0 Å². The van der Waals surface area contributed by atoms with E-state index in [1.807, 2.05) is 13.8 Å². The summed E-state index contributed by atoms with van der Waals surface area (Å²) in [5, 5.41) is 10.3. The van der Waals surface area contributed by atoms with Crippen LogP contribution in [0.3, 0.4) is 0 Å². The van der Waals surface area contributed by atoms with Crippen LogP contribution in [0.25, 0.3) is 22.0 Å². The highest BCUT2D eigenvalue weighted by Gasteiger charge is 2.14. The zero-order valence-corrected chi connectivity index (χ0v) is 12.2. The minimum Gasteiger partial charge on any atom is -0.506 e. The number of nitrogens with zero attached hydrogens (tertiary/aromatic N) is 1. The van der Waals surface area contributed by atoms with E-state index in [4.69, 9.17) is 0 Å². The highest BCUT2D eigenvalue weighted by molar-refractivity contribution is 5.94. The standard InChI is InChI=1S/C17H15FN2O2/c1-9(2)16-14(22)7-10(8-20-16)11-3-4-12(18)17-15(11)13(21)5-6-19-17/h3-9,22H,1-2H3,(H,19,21). The van der Waals surface area contributed by atoms with E-state index in [0.29, 0.717) is 16.8 Å². The molecule has 2 heterocycles. The van der Waals surface area contributed by atoms with E-state index in [1.54, 1.807) is 12.3 Å². The number of hydrogen-bond acceptors (Lipinski definition) is 3. The van der Waals surface area contributed by atoms with Gasteiger partial charge in [0.1, 0.15) is 11.6 Å². The van der Waals surface area contributed by atoms with Gasteiger partial charge in [0.05, 0.1) is 16.6 Å². The van der Waals surface area contributed by atoms with E-state index in [1.165, 1.54) is 24.4 Å². The third kappa shape index (κ3) is 2.24. The molecular weight excluding hydrogens is 283 g/mol. The van der Waals surface area contributed by atoms with Gasteiger partial charge in [-0.25, -0.2) is 4.39 Å². The van der Waals surface area contributed by atoms with Crippen molar-refractivity contribution in [3.8, 4) is 16.9 Å². The van der Waals surface area contributed by atoms with Crippen molar-refractivity contribution in [3.05, 3.63) is 58.4 Å². The summed E-state index contributed by atoms with van der Waals surface area (Å²) in [6, 6.07) is 5.72. The topological polar surface area (TPSA) is 66.0 Å². The molecule has 0 aliphatic rings. The van der Waals surface area contributed by atoms with Crippen LogP contribution in [-0.4, -0.2) is 15.1 Å². The molecule has 0 saturated carbocycles. The van der Waals surface area contributed by atoms with E-state index in [0.717, 1.165) is 0 Å². The molecule has 0 atom stereocenters. The number of halogens is 1. The number of rotatable bonds is 2. The molecule has 0 fully saturated rings. The van der Waals surface area contributed by atoms with Gasteiger partial charge in [0.2, 0.25) is 0 Å². The summed E-state index contributed by atoms with van der Waals surface area (Å²) in [7, 11) is 0. The summed E-state index contributed by atoms with van der Waals surface area (Å²) in [4.78, 5) is 19.1. The average Bonchev–Trinajstić information content (AvgIpc) is 2.48. The smallest absolute Gasteiger partial charge is 0.190 e. The molecule has 0 spiro atoms. The maximum absolute atomic E-state index is 13.9. The second-order valence-electron chi connectivity index (χ2n) is 5.47. The van der Waals surface area contributed by atoms with E-state index in [9.17, 15) is 14.3 Å². The van der Waals surface area contributed by atoms with Crippen molar-refractivity contribution in [3.63, 3.8) is 0 Å². The number of fused-ring (bicyclic) bond motifs is 1. The van der Waals surface area contributed by atoms with Crippen LogP contribution in [0, 0.1) is 5.82 Å². The van der Waals surface area contributed by atoms with Gasteiger partial charge in [-0.3, -0.25) is 9.78 Å². The van der Waals surface area contributed by atoms with E-state index in [2.05, 4.69) is 9.97 Å². The van der Waals surface area contributed by atoms with Gasteiger partial charge in [0.25, 0.3) is 0 Å². The monoisotopic (exact) mass is 298 g/mol. The molecule has 0 radical (unpaired) electrons. The lowest BCUT2D eigenvalue weighted by molar-refractivity contribution is 0.460. The van der Waals surface area contributed by atoms with Crippen molar-refractivity contribution in [2.75, 3.05) is 0 Å². The van der Waals surface area contributed by atoms with Crippen LogP contribution < -0.4 is 5.43 Å². The maximum Gasteiger partial charge on any atom is 0.190 e. The molecule has 2 N–H and O–H groups in total. The van der Waals surface area contributed by atoms with E-state index >= 15 is 0 Å². The van der Waals surface area contributed by atoms with Gasteiger partial charge in [-0.05, 0) is 23.6 Å². The average molecular weight is 298 g/mol. The van der Waals surface area contributed by atoms with Gasteiger partial charge in [-0.1, -0.05) is 19.9 Å². The molecule has 22 heavy (non-hydrogen) atoms. The van der Waals surface area contributed by atoms with Crippen LogP contribution in [0.4, 0.5) is 4.39 Å². The van der Waals surface area contributed by atoms with Crippen molar-refractivity contribution in [1.82, 2.24) is 9.97 Å². The van der Waals surface area contributed by atoms with Crippen molar-refractivity contribution < 1.29 is 9.50 Å². The molecule has 5 heteroatoms. The van der Waals surface area contributed by atoms with Crippen LogP contribution in [0.2, 0.25) is 0 Å². The van der Waals surface area contributed by atoms with E-state index in [-0.39, 0.29) is 28.0 Å². The number of nitrogens with one attached hydrogen (secondary N) is 1. The molecule has 0 aliphatic carbocycles. The fourth-order valence-electron chi connectivity index (χ4n) is 2.55. The first-order chi connectivity index (χ1) is 10.5. The van der Waals surface area contributed by atoms with Crippen molar-refractivity contribution >= 4 is 10.9 Å². The third-order valence-electron chi connectivity index (χ3n) is 3.62. The Morgan fingerprint density at radius 2 is 2.05 bits per heavy atom. The Balaban J connectivity index is 2.30. The first kappa shape index (κ1) is 14.3. The fraction of sp³-hybridized carbons (Fsp3) is 0.176. The van der Waals surface area contributed by atoms with Crippen LogP contribution in [0.5, 0.6) is 5.75 Å². The van der Waals surface area contributed by atoms with Gasteiger partial charge < -0.3 is 10.1 Å². The first-order valence-corrected chi connectivity index (χ1v) is 6.98. The summed E-state index contributed by atoms with van der Waals surface area (Å²) in [5.41, 5.74) is 1.57. The van der Waals surface area contributed by atoms with Crippen molar-refractivity contribution in [1.29, 1.82) is 0 Å². The lowest BCUT2D eigenvalue weighted by atomic mass is 9.99. The summed E-state index contributed by atoms with van der Waals surface area (Å²) < 4.78 is 13.9. The molecular formula is C17H15FN2O2. The summed E-state index contributed by atoms with van der Waals surface area (Å²) >= 11 is 0. The lowest BCUT2D eigenvalue weighted by Crippen LogP contribution is -2.04. The van der Waals surface area contributed by atoms with Gasteiger partial charge in [0.15, 0.2) is 5.43 Å². The van der Waals surface area contributed by atoms with Crippen LogP contribution in [0.15, 0.2) is 41.5 Å². The first-order valence-electron chi connectivity index (χ1n) is 6.98. The van der Waals surface area contributed by atoms with Gasteiger partial charge in [-0.15, -0.1) is 0 Å². The zero-order chi connectivity index (χ0) is 15.9. The van der Waals surface area contributed by atoms with Crippen LogP contribution >= 0.6 is 0 Å². The fourth-order valence-corrected chi connectivity index (χ4v) is 2.55. The molecule has 1 aromatic carbocycles. The number of hydrogen-bond donors (Lipinski definition) is 2. The summed E-state index contributed by atoms with van der Waals surface area (Å²) in [5.74, 6) is -0.341. The molecule has 3 aromatic rings. The molecule has 0 aliphatic heterocycles. The number of benzene rings is 1. The highest BCUT2D eigenvalue weighted by atomic mass is 19.1. The number of aromatic nitrogens is 2. The van der Waals surface area contributed by atoms with Crippen LogP contribution in [0.1, 0.15) is 25.5 Å². The van der Waals surface area contributed by atoms with Crippen molar-refractivity contribution in [2.24, 2.45) is 0 Å². The maximum atomic E-state index is 13.9. The van der Waals surface area contributed by atoms with Gasteiger partial charge in [0, 0.05) is 24.0 Å². The Morgan fingerprint density at radius 3 is 2.73 bits per heavy atom. The molecule has 112 valence electrons. The second-order valence-corrected chi connectivity index (χ2v) is 5.47. The zero-order valence-electron chi connectivity index (χ0n) is 12.2. The van der Waals surface area contributed by atoms with Gasteiger partial charge >= 0.3 is 0 Å². The molecule has 2 aromatic heterocycles. The predicted molar refractivity (Wildman–Crippen MR) is 83.5 cm³/mol. The number of H-pyrrole nitrogens is 1. The Morgan fingerprint density at radius 1 is 1.27 bits per heavy atom. The summed E-state index contributed by atoms with van der Waals surface area (Å²) in [6.07, 6.45) is 3.00. The molecule has 4 nitrogen and oxygen atoms in total. The molecule has 0 bridgehead atoms. The molecule has 0 unspecified atom stereocenters. The largest absolute Gasteiger partial charge is 0.506 e. The van der Waals surface area contributed by atoms with Crippen LogP contribution in [-0.2, 0) is 0 Å². The quantitative estimate of drug-likeness (QED) is 0.760. The molecule has 0 saturated heterocycles. The molecule has 3 rings (SSSR count).